The second-order valence-corrected chi connectivity index (χ2v) is 9.14. The van der Waals surface area contributed by atoms with Gasteiger partial charge in [-0.25, -0.2) is 4.98 Å². The van der Waals surface area contributed by atoms with Crippen LogP contribution >= 0.6 is 0 Å². The first-order valence-electron chi connectivity index (χ1n) is 12.1. The largest absolute Gasteiger partial charge is 0.472 e. The second-order valence-electron chi connectivity index (χ2n) is 9.14. The van der Waals surface area contributed by atoms with E-state index in [1.807, 2.05) is 0 Å². The standard InChI is InChI=1S/C24H37N3O3/c1-3-6-18(7-4-2)24(28)27-13-5-8-19(16-27)30-23-20-11-14-29-15-12-21(20)25-22(26-23)17-9-10-17/h17-19H,3-16H2,1-2H3. The Morgan fingerprint density at radius 2 is 1.90 bits per heavy atom. The fourth-order valence-electron chi connectivity index (χ4n) is 4.79. The Morgan fingerprint density at radius 1 is 1.13 bits per heavy atom. The number of nitrogens with zero attached hydrogens (tertiary/aromatic N) is 3. The molecule has 0 N–H and O–H groups in total. The molecule has 2 fully saturated rings. The summed E-state index contributed by atoms with van der Waals surface area (Å²) < 4.78 is 12.2. The third-order valence-electron chi connectivity index (χ3n) is 6.59. The Morgan fingerprint density at radius 3 is 2.63 bits per heavy atom. The molecule has 3 heterocycles. The van der Waals surface area contributed by atoms with Gasteiger partial charge in [0, 0.05) is 36.8 Å². The number of fused-ring (bicyclic) bond motifs is 1. The molecular formula is C24H37N3O3. The highest BCUT2D eigenvalue weighted by molar-refractivity contribution is 5.79. The first-order valence-corrected chi connectivity index (χ1v) is 12.1. The van der Waals surface area contributed by atoms with Gasteiger partial charge in [-0.2, -0.15) is 4.98 Å². The average Bonchev–Trinajstić information content (AvgIpc) is 3.60. The molecule has 4 rings (SSSR count). The number of carbonyl (C=O) groups is 1. The second kappa shape index (κ2) is 10.1. The lowest BCUT2D eigenvalue weighted by Crippen LogP contribution is -2.46. The van der Waals surface area contributed by atoms with Crippen LogP contribution in [0.4, 0.5) is 0 Å². The Bertz CT molecular complexity index is 729. The molecule has 0 radical (unpaired) electrons. The summed E-state index contributed by atoms with van der Waals surface area (Å²) in [5.74, 6) is 2.68. The number of ether oxygens (including phenoxy) is 2. The van der Waals surface area contributed by atoms with E-state index in [-0.39, 0.29) is 12.0 Å². The Kier molecular flexibility index (Phi) is 7.24. The van der Waals surface area contributed by atoms with Crippen molar-refractivity contribution >= 4 is 5.91 Å². The van der Waals surface area contributed by atoms with Crippen molar-refractivity contribution < 1.29 is 14.3 Å². The van der Waals surface area contributed by atoms with Gasteiger partial charge in [-0.3, -0.25) is 4.79 Å². The van der Waals surface area contributed by atoms with E-state index in [9.17, 15) is 4.79 Å². The zero-order valence-corrected chi connectivity index (χ0v) is 18.7. The molecule has 1 saturated carbocycles. The topological polar surface area (TPSA) is 64.6 Å². The highest BCUT2D eigenvalue weighted by atomic mass is 16.5. The predicted molar refractivity (Wildman–Crippen MR) is 116 cm³/mol. The predicted octanol–water partition coefficient (Wildman–Crippen LogP) is 4.06. The Balaban J connectivity index is 1.48. The van der Waals surface area contributed by atoms with E-state index < -0.39 is 0 Å². The minimum atomic E-state index is 0.0156. The van der Waals surface area contributed by atoms with Crippen LogP contribution in [0.2, 0.25) is 0 Å². The van der Waals surface area contributed by atoms with Crippen LogP contribution in [0.25, 0.3) is 0 Å². The summed E-state index contributed by atoms with van der Waals surface area (Å²) in [6, 6.07) is 0. The molecular weight excluding hydrogens is 378 g/mol. The monoisotopic (exact) mass is 415 g/mol. The van der Waals surface area contributed by atoms with Crippen LogP contribution in [0.1, 0.15) is 88.2 Å². The molecule has 6 nitrogen and oxygen atoms in total. The van der Waals surface area contributed by atoms with Gasteiger partial charge >= 0.3 is 0 Å². The number of aromatic nitrogens is 2. The van der Waals surface area contributed by atoms with Crippen molar-refractivity contribution in [1.82, 2.24) is 14.9 Å². The van der Waals surface area contributed by atoms with E-state index in [4.69, 9.17) is 19.4 Å². The van der Waals surface area contributed by atoms with Crippen LogP contribution in [0.5, 0.6) is 5.88 Å². The minimum absolute atomic E-state index is 0.0156. The van der Waals surface area contributed by atoms with Crippen molar-refractivity contribution in [3.05, 3.63) is 17.1 Å². The fraction of sp³-hybridized carbons (Fsp3) is 0.792. The Hall–Kier alpha value is -1.69. The van der Waals surface area contributed by atoms with Crippen LogP contribution < -0.4 is 4.74 Å². The molecule has 2 aliphatic heterocycles. The van der Waals surface area contributed by atoms with E-state index >= 15 is 0 Å². The summed E-state index contributed by atoms with van der Waals surface area (Å²) in [4.78, 5) is 24.9. The summed E-state index contributed by atoms with van der Waals surface area (Å²) in [7, 11) is 0. The molecule has 166 valence electrons. The van der Waals surface area contributed by atoms with Crippen LogP contribution in [0.3, 0.4) is 0 Å². The van der Waals surface area contributed by atoms with Crippen molar-refractivity contribution in [3.63, 3.8) is 0 Å². The Labute approximate surface area is 180 Å². The molecule has 1 amide bonds. The van der Waals surface area contributed by atoms with Crippen LogP contribution in [-0.4, -0.2) is 53.2 Å². The molecule has 30 heavy (non-hydrogen) atoms. The molecule has 1 saturated heterocycles. The molecule has 1 atom stereocenters. The van der Waals surface area contributed by atoms with Crippen LogP contribution in [0, 0.1) is 5.92 Å². The lowest BCUT2D eigenvalue weighted by Gasteiger charge is -2.35. The summed E-state index contributed by atoms with van der Waals surface area (Å²) in [6.07, 6.45) is 10.1. The van der Waals surface area contributed by atoms with Crippen molar-refractivity contribution in [2.75, 3.05) is 26.3 Å². The summed E-state index contributed by atoms with van der Waals surface area (Å²) in [5.41, 5.74) is 2.23. The maximum atomic E-state index is 13.1. The zero-order valence-electron chi connectivity index (χ0n) is 18.7. The smallest absolute Gasteiger partial charge is 0.225 e. The van der Waals surface area contributed by atoms with Crippen LogP contribution in [-0.2, 0) is 22.4 Å². The van der Waals surface area contributed by atoms with Gasteiger partial charge in [-0.1, -0.05) is 26.7 Å². The highest BCUT2D eigenvalue weighted by Crippen LogP contribution is 2.40. The number of carbonyl (C=O) groups excluding carboxylic acids is 1. The van der Waals surface area contributed by atoms with Gasteiger partial charge in [0.15, 0.2) is 0 Å². The van der Waals surface area contributed by atoms with Gasteiger partial charge in [0.1, 0.15) is 11.9 Å². The molecule has 1 aromatic heterocycles. The number of likely N-dealkylation sites (tertiary alicyclic amines) is 1. The van der Waals surface area contributed by atoms with Crippen molar-refractivity contribution in [2.45, 2.75) is 90.1 Å². The van der Waals surface area contributed by atoms with E-state index in [0.717, 1.165) is 87.5 Å². The average molecular weight is 416 g/mol. The van der Waals surface area contributed by atoms with E-state index in [1.165, 1.54) is 12.8 Å². The van der Waals surface area contributed by atoms with E-state index in [1.54, 1.807) is 0 Å². The zero-order chi connectivity index (χ0) is 20.9. The lowest BCUT2D eigenvalue weighted by atomic mass is 9.95. The van der Waals surface area contributed by atoms with Gasteiger partial charge in [0.2, 0.25) is 11.8 Å². The van der Waals surface area contributed by atoms with Crippen molar-refractivity contribution in [3.8, 4) is 5.88 Å². The third-order valence-corrected chi connectivity index (χ3v) is 6.59. The first kappa shape index (κ1) is 21.5. The van der Waals surface area contributed by atoms with Gasteiger partial charge in [-0.05, 0) is 38.5 Å². The van der Waals surface area contributed by atoms with Crippen molar-refractivity contribution in [1.29, 1.82) is 0 Å². The lowest BCUT2D eigenvalue weighted by molar-refractivity contribution is -0.138. The van der Waals surface area contributed by atoms with Crippen molar-refractivity contribution in [2.24, 2.45) is 5.92 Å². The molecule has 1 unspecified atom stereocenters. The summed E-state index contributed by atoms with van der Waals surface area (Å²) >= 11 is 0. The summed E-state index contributed by atoms with van der Waals surface area (Å²) in [6.45, 7) is 7.28. The maximum Gasteiger partial charge on any atom is 0.225 e. The molecule has 0 spiro atoms. The molecule has 1 aromatic rings. The van der Waals surface area contributed by atoms with Crippen LogP contribution in [0.15, 0.2) is 0 Å². The quantitative estimate of drug-likeness (QED) is 0.641. The number of amides is 1. The SMILES string of the molecule is CCCC(CCC)C(=O)N1CCCC(Oc2nc(C3CC3)nc3c2CCOCC3)C1. The fourth-order valence-corrected chi connectivity index (χ4v) is 4.79. The number of rotatable bonds is 8. The van der Waals surface area contributed by atoms with E-state index in [2.05, 4.69) is 18.7 Å². The first-order chi connectivity index (χ1) is 14.7. The minimum Gasteiger partial charge on any atom is -0.472 e. The van der Waals surface area contributed by atoms with E-state index in [0.29, 0.717) is 25.0 Å². The normalized spacial score (nSPS) is 22.0. The van der Waals surface area contributed by atoms with Gasteiger partial charge in [0.25, 0.3) is 0 Å². The maximum absolute atomic E-state index is 13.1. The number of hydrogen-bond acceptors (Lipinski definition) is 5. The molecule has 1 aliphatic carbocycles. The molecule has 0 bridgehead atoms. The molecule has 6 heteroatoms. The summed E-state index contributed by atoms with van der Waals surface area (Å²) in [5, 5.41) is 0. The molecule has 3 aliphatic rings. The third kappa shape index (κ3) is 5.13. The number of piperidine rings is 1. The number of hydrogen-bond donors (Lipinski definition) is 0. The van der Waals surface area contributed by atoms with Gasteiger partial charge < -0.3 is 14.4 Å². The highest BCUT2D eigenvalue weighted by Gasteiger charge is 2.32. The van der Waals surface area contributed by atoms with Gasteiger partial charge in [-0.15, -0.1) is 0 Å². The van der Waals surface area contributed by atoms with Gasteiger partial charge in [0.05, 0.1) is 25.5 Å². The molecule has 0 aromatic carbocycles.